The van der Waals surface area contributed by atoms with Gasteiger partial charge in [0.05, 0.1) is 16.3 Å². The third-order valence-electron chi connectivity index (χ3n) is 4.68. The van der Waals surface area contributed by atoms with Crippen LogP contribution >= 0.6 is 0 Å². The Bertz CT molecular complexity index is 1270. The van der Waals surface area contributed by atoms with Crippen molar-refractivity contribution in [1.82, 2.24) is 5.32 Å². The molecule has 0 aromatic heterocycles. The highest BCUT2D eigenvalue weighted by Crippen LogP contribution is 2.34. The first-order valence-electron chi connectivity index (χ1n) is 9.08. The molecule has 1 aliphatic rings. The topological polar surface area (TPSA) is 89.5 Å². The lowest BCUT2D eigenvalue weighted by Gasteiger charge is -2.19. The van der Waals surface area contributed by atoms with E-state index in [0.717, 1.165) is 0 Å². The van der Waals surface area contributed by atoms with Gasteiger partial charge in [-0.05, 0) is 42.5 Å². The molecule has 1 N–H and O–H groups in total. The van der Waals surface area contributed by atoms with Crippen LogP contribution in [0.15, 0.2) is 76.5 Å². The van der Waals surface area contributed by atoms with Crippen LogP contribution in [0.1, 0.15) is 26.3 Å². The largest absolute Gasteiger partial charge is 0.489 e. The van der Waals surface area contributed by atoms with Gasteiger partial charge in [-0.1, -0.05) is 24.3 Å². The summed E-state index contributed by atoms with van der Waals surface area (Å²) in [6.45, 7) is 0.112. The molecule has 8 heteroatoms. The lowest BCUT2D eigenvalue weighted by atomic mass is 10.0. The maximum Gasteiger partial charge on any atom is 0.251 e. The quantitative estimate of drug-likeness (QED) is 0.497. The summed E-state index contributed by atoms with van der Waals surface area (Å²) in [6, 6.07) is 15.8. The van der Waals surface area contributed by atoms with E-state index in [-0.39, 0.29) is 45.4 Å². The maximum atomic E-state index is 13.5. The maximum absolute atomic E-state index is 13.5. The molecule has 0 bridgehead atoms. The predicted molar refractivity (Wildman–Crippen MR) is 106 cm³/mol. The van der Waals surface area contributed by atoms with Gasteiger partial charge in [0, 0.05) is 16.7 Å². The lowest BCUT2D eigenvalue weighted by molar-refractivity contribution is 0.0944. The van der Waals surface area contributed by atoms with Crippen molar-refractivity contribution in [3.63, 3.8) is 0 Å². The van der Waals surface area contributed by atoms with Crippen LogP contribution in [0.4, 0.5) is 4.39 Å². The zero-order chi connectivity index (χ0) is 21.3. The Morgan fingerprint density at radius 1 is 0.933 bits per heavy atom. The van der Waals surface area contributed by atoms with Crippen molar-refractivity contribution < 1.29 is 27.1 Å². The molecule has 0 radical (unpaired) electrons. The number of amides is 1. The second-order valence-electron chi connectivity index (χ2n) is 6.57. The Balaban J connectivity index is 1.50. The zero-order valence-electron chi connectivity index (χ0n) is 15.6. The van der Waals surface area contributed by atoms with Crippen molar-refractivity contribution in [2.24, 2.45) is 0 Å². The van der Waals surface area contributed by atoms with Gasteiger partial charge in [0.25, 0.3) is 5.91 Å². The number of carbonyl (C=O) groups is 2. The van der Waals surface area contributed by atoms with Gasteiger partial charge in [-0.25, -0.2) is 12.8 Å². The fraction of sp³-hybridized carbons (Fsp3) is 0.0909. The van der Waals surface area contributed by atoms with Crippen molar-refractivity contribution in [1.29, 1.82) is 0 Å². The number of nitrogens with one attached hydrogen (secondary N) is 1. The number of hydrogen-bond donors (Lipinski definition) is 1. The highest BCUT2D eigenvalue weighted by Gasteiger charge is 2.34. The molecular formula is C22H16FNO5S. The Kier molecular flexibility index (Phi) is 5.09. The molecule has 1 amide bonds. The molecule has 0 unspecified atom stereocenters. The van der Waals surface area contributed by atoms with Crippen LogP contribution in [0.25, 0.3) is 0 Å². The lowest BCUT2D eigenvalue weighted by Crippen LogP contribution is -2.29. The summed E-state index contributed by atoms with van der Waals surface area (Å²) in [5, 5.41) is 2.59. The van der Waals surface area contributed by atoms with E-state index < -0.39 is 27.3 Å². The second-order valence-corrected chi connectivity index (χ2v) is 8.46. The van der Waals surface area contributed by atoms with E-state index in [4.69, 9.17) is 4.74 Å². The number of halogens is 1. The van der Waals surface area contributed by atoms with Crippen LogP contribution in [0.3, 0.4) is 0 Å². The number of para-hydroxylation sites is 1. The van der Waals surface area contributed by atoms with Gasteiger partial charge >= 0.3 is 0 Å². The summed E-state index contributed by atoms with van der Waals surface area (Å²) in [6.07, 6.45) is 0. The van der Waals surface area contributed by atoms with Gasteiger partial charge in [-0.15, -0.1) is 0 Å². The first kappa shape index (κ1) is 19.8. The smallest absolute Gasteiger partial charge is 0.251 e. The van der Waals surface area contributed by atoms with Gasteiger partial charge in [0.2, 0.25) is 9.84 Å². The molecule has 30 heavy (non-hydrogen) atoms. The van der Waals surface area contributed by atoms with E-state index in [1.165, 1.54) is 48.5 Å². The van der Waals surface area contributed by atoms with Crippen molar-refractivity contribution >= 4 is 21.5 Å². The predicted octanol–water partition coefficient (Wildman–Crippen LogP) is 3.01. The average Bonchev–Trinajstić information content (AvgIpc) is 2.76. The number of sulfone groups is 1. The van der Waals surface area contributed by atoms with Crippen molar-refractivity contribution in [3.8, 4) is 5.75 Å². The van der Waals surface area contributed by atoms with Crippen molar-refractivity contribution in [2.45, 2.75) is 9.79 Å². The minimum absolute atomic E-state index is 0.0295. The summed E-state index contributed by atoms with van der Waals surface area (Å²) >= 11 is 0. The Hall–Kier alpha value is -3.52. The third-order valence-corrected chi connectivity index (χ3v) is 6.53. The number of fused-ring (bicyclic) bond motifs is 2. The Morgan fingerprint density at radius 3 is 2.43 bits per heavy atom. The van der Waals surface area contributed by atoms with Gasteiger partial charge in [0.1, 0.15) is 6.61 Å². The molecule has 0 atom stereocenters. The zero-order valence-corrected chi connectivity index (χ0v) is 16.4. The second kappa shape index (κ2) is 7.72. The molecule has 0 spiro atoms. The molecule has 1 aliphatic heterocycles. The Morgan fingerprint density at radius 2 is 1.63 bits per heavy atom. The van der Waals surface area contributed by atoms with Crippen LogP contribution in [0, 0.1) is 5.82 Å². The van der Waals surface area contributed by atoms with Crippen LogP contribution < -0.4 is 10.1 Å². The van der Waals surface area contributed by atoms with E-state index in [1.807, 2.05) is 0 Å². The van der Waals surface area contributed by atoms with Crippen molar-refractivity contribution in [2.75, 3.05) is 13.2 Å². The molecule has 0 saturated heterocycles. The SMILES string of the molecule is O=C(NCCOc1ccccc1F)c1ccc2c(c1)S(=O)(=O)c1ccccc1C2=O. The number of carbonyl (C=O) groups excluding carboxylic acids is 2. The summed E-state index contributed by atoms with van der Waals surface area (Å²) < 4.78 is 44.6. The molecule has 0 aliphatic carbocycles. The summed E-state index contributed by atoms with van der Waals surface area (Å²) in [5.41, 5.74) is 0.246. The number of hydrogen-bond acceptors (Lipinski definition) is 5. The average molecular weight is 425 g/mol. The molecule has 152 valence electrons. The van der Waals surface area contributed by atoms with Crippen LogP contribution in [-0.4, -0.2) is 33.3 Å². The molecule has 0 fully saturated rings. The van der Waals surface area contributed by atoms with Gasteiger partial charge in [0.15, 0.2) is 17.3 Å². The molecule has 1 heterocycles. The molecule has 0 saturated carbocycles. The van der Waals surface area contributed by atoms with E-state index in [1.54, 1.807) is 18.2 Å². The third kappa shape index (κ3) is 3.46. The fourth-order valence-corrected chi connectivity index (χ4v) is 4.89. The monoisotopic (exact) mass is 425 g/mol. The summed E-state index contributed by atoms with van der Waals surface area (Å²) in [4.78, 5) is 24.8. The number of rotatable bonds is 5. The van der Waals surface area contributed by atoms with E-state index in [9.17, 15) is 22.4 Å². The first-order valence-corrected chi connectivity index (χ1v) is 10.6. The normalized spacial score (nSPS) is 13.8. The highest BCUT2D eigenvalue weighted by atomic mass is 32.2. The standard InChI is InChI=1S/C22H16FNO5S/c23-17-6-2-3-7-18(17)29-12-11-24-22(26)14-9-10-16-20(13-14)30(27,28)19-8-4-1-5-15(19)21(16)25/h1-10,13H,11-12H2,(H,24,26). The summed E-state index contributed by atoms with van der Waals surface area (Å²) in [7, 11) is -3.92. The van der Waals surface area contributed by atoms with Crippen molar-refractivity contribution in [3.05, 3.63) is 89.2 Å². The number of ether oxygens (including phenoxy) is 1. The van der Waals surface area contributed by atoms with Gasteiger partial charge in [-0.2, -0.15) is 0 Å². The molecule has 3 aromatic carbocycles. The first-order chi connectivity index (χ1) is 14.4. The fourth-order valence-electron chi connectivity index (χ4n) is 3.22. The number of benzene rings is 3. The highest BCUT2D eigenvalue weighted by molar-refractivity contribution is 7.91. The molecular weight excluding hydrogens is 409 g/mol. The minimum atomic E-state index is -3.92. The minimum Gasteiger partial charge on any atom is -0.489 e. The Labute approximate surface area is 172 Å². The van der Waals surface area contributed by atoms with Gasteiger partial charge < -0.3 is 10.1 Å². The van der Waals surface area contributed by atoms with E-state index in [2.05, 4.69) is 5.32 Å². The van der Waals surface area contributed by atoms with Crippen LogP contribution in [0.2, 0.25) is 0 Å². The van der Waals surface area contributed by atoms with E-state index in [0.29, 0.717) is 0 Å². The van der Waals surface area contributed by atoms with Gasteiger partial charge in [-0.3, -0.25) is 9.59 Å². The van der Waals surface area contributed by atoms with E-state index >= 15 is 0 Å². The summed E-state index contributed by atoms with van der Waals surface area (Å²) in [5.74, 6) is -1.37. The van der Waals surface area contributed by atoms with Crippen LogP contribution in [-0.2, 0) is 9.84 Å². The molecule has 4 rings (SSSR count). The molecule has 3 aromatic rings. The molecule has 6 nitrogen and oxygen atoms in total. The number of ketones is 1. The van der Waals surface area contributed by atoms with Crippen LogP contribution in [0.5, 0.6) is 5.75 Å².